The Hall–Kier alpha value is -3.37. The fourth-order valence-electron chi connectivity index (χ4n) is 4.05. The van der Waals surface area contributed by atoms with Crippen LogP contribution in [0.15, 0.2) is 53.4 Å². The van der Waals surface area contributed by atoms with E-state index in [-0.39, 0.29) is 41.9 Å². The van der Waals surface area contributed by atoms with Gasteiger partial charge in [0.25, 0.3) is 5.91 Å². The van der Waals surface area contributed by atoms with E-state index in [0.717, 1.165) is 16.6 Å². The first-order valence-electron chi connectivity index (χ1n) is 11.0. The molecule has 0 atom stereocenters. The van der Waals surface area contributed by atoms with Crippen LogP contribution < -0.4 is 0 Å². The van der Waals surface area contributed by atoms with E-state index in [1.165, 1.54) is 28.3 Å². The van der Waals surface area contributed by atoms with Gasteiger partial charge in [-0.15, -0.1) is 0 Å². The number of piperazine rings is 1. The summed E-state index contributed by atoms with van der Waals surface area (Å²) in [6.45, 7) is 4.70. The fraction of sp³-hybridized carbons (Fsp3) is 0.333. The lowest BCUT2D eigenvalue weighted by molar-refractivity contribution is -0.129. The summed E-state index contributed by atoms with van der Waals surface area (Å²) in [6.07, 6.45) is 0. The van der Waals surface area contributed by atoms with Crippen molar-refractivity contribution in [2.45, 2.75) is 25.3 Å². The van der Waals surface area contributed by atoms with Gasteiger partial charge in [-0.3, -0.25) is 9.59 Å². The van der Waals surface area contributed by atoms with Crippen LogP contribution in [-0.2, 0) is 21.4 Å². The topological polar surface area (TPSA) is 104 Å². The van der Waals surface area contributed by atoms with Gasteiger partial charge in [0.1, 0.15) is 5.82 Å². The normalized spacial score (nSPS) is 14.9. The molecule has 10 heteroatoms. The minimum absolute atomic E-state index is 0.0563. The maximum Gasteiger partial charge on any atom is 0.254 e. The molecule has 0 unspecified atom stereocenters. The van der Waals surface area contributed by atoms with Crippen LogP contribution in [0.4, 0.5) is 0 Å². The predicted molar refractivity (Wildman–Crippen MR) is 128 cm³/mol. The largest absolute Gasteiger partial charge is 0.340 e. The second kappa shape index (κ2) is 9.47. The van der Waals surface area contributed by atoms with Crippen molar-refractivity contribution in [1.82, 2.24) is 24.1 Å². The van der Waals surface area contributed by atoms with E-state index in [4.69, 9.17) is 0 Å². The lowest BCUT2D eigenvalue weighted by Crippen LogP contribution is -2.49. The number of aromatic nitrogens is 2. The molecule has 2 heterocycles. The number of aryl methyl sites for hydroxylation is 1. The van der Waals surface area contributed by atoms with Gasteiger partial charge in [-0.1, -0.05) is 24.3 Å². The van der Waals surface area contributed by atoms with Crippen LogP contribution in [-0.4, -0.2) is 77.5 Å². The number of carbonyl (C=O) groups excluding carboxylic acids is 2. The molecule has 2 aromatic carbocycles. The van der Waals surface area contributed by atoms with Crippen LogP contribution in [0.25, 0.3) is 10.9 Å². The van der Waals surface area contributed by atoms with E-state index >= 15 is 0 Å². The molecule has 0 N–H and O–H groups in total. The molecule has 1 aliphatic rings. The van der Waals surface area contributed by atoms with E-state index in [0.29, 0.717) is 18.9 Å². The highest BCUT2D eigenvalue weighted by molar-refractivity contribution is 7.89. The van der Waals surface area contributed by atoms with Crippen LogP contribution in [0.1, 0.15) is 28.8 Å². The van der Waals surface area contributed by atoms with Crippen LogP contribution >= 0.6 is 0 Å². The molecular weight excluding hydrogens is 454 g/mol. The standard InChI is InChI=1S/C24H27N5O4S/c1-17-21-9-4-5-10-22(21)26-23(25-17)16-27(3)24(31)19-7-6-8-20(15-19)34(32,33)29-13-11-28(12-14-29)18(2)30/h4-10,15H,11-14,16H2,1-3H3. The number of fused-ring (bicyclic) bond motifs is 1. The van der Waals surface area contributed by atoms with Gasteiger partial charge in [-0.25, -0.2) is 18.4 Å². The van der Waals surface area contributed by atoms with Gasteiger partial charge in [0.2, 0.25) is 15.9 Å². The van der Waals surface area contributed by atoms with Gasteiger partial charge < -0.3 is 9.80 Å². The molecule has 3 aromatic rings. The Morgan fingerprint density at radius 2 is 1.71 bits per heavy atom. The lowest BCUT2D eigenvalue weighted by Gasteiger charge is -2.33. The summed E-state index contributed by atoms with van der Waals surface area (Å²) < 4.78 is 27.6. The summed E-state index contributed by atoms with van der Waals surface area (Å²) in [5, 5.41) is 0.960. The third kappa shape index (κ3) is 4.78. The van der Waals surface area contributed by atoms with Crippen molar-refractivity contribution in [1.29, 1.82) is 0 Å². The first-order chi connectivity index (χ1) is 16.2. The van der Waals surface area contributed by atoms with E-state index in [9.17, 15) is 18.0 Å². The van der Waals surface area contributed by atoms with Crippen molar-refractivity contribution in [2.75, 3.05) is 33.2 Å². The quantitative estimate of drug-likeness (QED) is 0.553. The minimum atomic E-state index is -3.78. The summed E-state index contributed by atoms with van der Waals surface area (Å²) in [7, 11) is -2.14. The Morgan fingerprint density at radius 3 is 2.41 bits per heavy atom. The monoisotopic (exact) mass is 481 g/mol. The molecular formula is C24H27N5O4S. The second-order valence-corrected chi connectivity index (χ2v) is 10.3. The Balaban J connectivity index is 1.51. The molecule has 1 aromatic heterocycles. The number of nitrogens with zero attached hydrogens (tertiary/aromatic N) is 5. The zero-order chi connectivity index (χ0) is 24.5. The van der Waals surface area contributed by atoms with Crippen LogP contribution in [0.3, 0.4) is 0 Å². The zero-order valence-electron chi connectivity index (χ0n) is 19.4. The van der Waals surface area contributed by atoms with E-state index in [1.807, 2.05) is 31.2 Å². The van der Waals surface area contributed by atoms with Crippen molar-refractivity contribution in [3.8, 4) is 0 Å². The summed E-state index contributed by atoms with van der Waals surface area (Å²) in [4.78, 5) is 36.8. The molecule has 1 aliphatic heterocycles. The first-order valence-corrected chi connectivity index (χ1v) is 12.4. The molecule has 0 bridgehead atoms. The Labute approximate surface area is 199 Å². The van der Waals surface area contributed by atoms with Crippen molar-refractivity contribution in [3.63, 3.8) is 0 Å². The van der Waals surface area contributed by atoms with Crippen molar-refractivity contribution < 1.29 is 18.0 Å². The zero-order valence-corrected chi connectivity index (χ0v) is 20.2. The van der Waals surface area contributed by atoms with Crippen molar-refractivity contribution >= 4 is 32.7 Å². The molecule has 1 fully saturated rings. The van der Waals surface area contributed by atoms with Crippen molar-refractivity contribution in [2.24, 2.45) is 0 Å². The SMILES string of the molecule is CC(=O)N1CCN(S(=O)(=O)c2cccc(C(=O)N(C)Cc3nc(C)c4ccccc4n3)c2)CC1. The summed E-state index contributed by atoms with van der Waals surface area (Å²) in [6, 6.07) is 13.7. The number of hydrogen-bond acceptors (Lipinski definition) is 6. The molecule has 1 saturated heterocycles. The third-order valence-corrected chi connectivity index (χ3v) is 7.86. The Bertz CT molecular complexity index is 1350. The molecule has 178 valence electrons. The van der Waals surface area contributed by atoms with Gasteiger partial charge in [-0.05, 0) is 31.2 Å². The number of amides is 2. The predicted octanol–water partition coefficient (Wildman–Crippen LogP) is 2.06. The molecule has 0 spiro atoms. The molecule has 0 aliphatic carbocycles. The van der Waals surface area contributed by atoms with Crippen LogP contribution in [0.2, 0.25) is 0 Å². The highest BCUT2D eigenvalue weighted by Gasteiger charge is 2.30. The van der Waals surface area contributed by atoms with Gasteiger partial charge in [0.15, 0.2) is 0 Å². The molecule has 0 saturated carbocycles. The van der Waals surface area contributed by atoms with Gasteiger partial charge in [0.05, 0.1) is 17.0 Å². The maximum atomic E-state index is 13.1. The van der Waals surface area contributed by atoms with Gasteiger partial charge >= 0.3 is 0 Å². The fourth-order valence-corrected chi connectivity index (χ4v) is 5.52. The average molecular weight is 482 g/mol. The summed E-state index contributed by atoms with van der Waals surface area (Å²) in [5.41, 5.74) is 1.91. The summed E-state index contributed by atoms with van der Waals surface area (Å²) in [5.74, 6) is 0.116. The number of benzene rings is 2. The highest BCUT2D eigenvalue weighted by atomic mass is 32.2. The van der Waals surface area contributed by atoms with E-state index in [1.54, 1.807) is 24.1 Å². The number of rotatable bonds is 5. The number of hydrogen-bond donors (Lipinski definition) is 0. The number of sulfonamides is 1. The van der Waals surface area contributed by atoms with E-state index in [2.05, 4.69) is 9.97 Å². The maximum absolute atomic E-state index is 13.1. The molecule has 9 nitrogen and oxygen atoms in total. The Kier molecular flexibility index (Phi) is 6.63. The van der Waals surface area contributed by atoms with Gasteiger partial charge in [-0.2, -0.15) is 4.31 Å². The number of para-hydroxylation sites is 1. The van der Waals surface area contributed by atoms with Gasteiger partial charge in [0, 0.05) is 56.8 Å². The first kappa shape index (κ1) is 23.8. The smallest absolute Gasteiger partial charge is 0.254 e. The lowest BCUT2D eigenvalue weighted by atomic mass is 10.2. The minimum Gasteiger partial charge on any atom is -0.340 e. The average Bonchev–Trinajstić information content (AvgIpc) is 2.83. The van der Waals surface area contributed by atoms with Crippen LogP contribution in [0, 0.1) is 6.92 Å². The summed E-state index contributed by atoms with van der Waals surface area (Å²) >= 11 is 0. The molecule has 34 heavy (non-hydrogen) atoms. The highest BCUT2D eigenvalue weighted by Crippen LogP contribution is 2.20. The molecule has 4 rings (SSSR count). The van der Waals surface area contributed by atoms with Crippen molar-refractivity contribution in [3.05, 3.63) is 65.6 Å². The van der Waals surface area contributed by atoms with Crippen LogP contribution in [0.5, 0.6) is 0 Å². The molecule has 0 radical (unpaired) electrons. The van der Waals surface area contributed by atoms with E-state index < -0.39 is 10.0 Å². The number of carbonyl (C=O) groups is 2. The Morgan fingerprint density at radius 1 is 1.00 bits per heavy atom. The second-order valence-electron chi connectivity index (χ2n) is 8.34. The molecule has 2 amide bonds. The third-order valence-electron chi connectivity index (χ3n) is 5.97.